The van der Waals surface area contributed by atoms with Crippen molar-refractivity contribution in [3.05, 3.63) is 45.9 Å². The summed E-state index contributed by atoms with van der Waals surface area (Å²) in [5, 5.41) is 11.4. The quantitative estimate of drug-likeness (QED) is 0.260. The molecule has 2 aliphatic rings. The molecule has 0 unspecified atom stereocenters. The molecule has 0 radical (unpaired) electrons. The van der Waals surface area contributed by atoms with Crippen LogP contribution in [-0.4, -0.2) is 57.5 Å². The Morgan fingerprint density at radius 3 is 2.84 bits per heavy atom. The van der Waals surface area contributed by atoms with E-state index in [0.717, 1.165) is 36.8 Å². The molecule has 0 bridgehead atoms. The Labute approximate surface area is 228 Å². The Hall–Kier alpha value is -2.86. The number of aromatic nitrogens is 2. The van der Waals surface area contributed by atoms with Crippen LogP contribution in [-0.2, 0) is 0 Å². The fraction of sp³-hybridized carbons (Fsp3) is 0.320. The summed E-state index contributed by atoms with van der Waals surface area (Å²) in [4.78, 5) is 21.7. The molecule has 198 valence electrons. The first-order valence-electron chi connectivity index (χ1n) is 11.7. The molecule has 0 saturated carbocycles. The number of anilines is 1. The number of ether oxygens (including phenoxy) is 1. The summed E-state index contributed by atoms with van der Waals surface area (Å²) < 4.78 is 50.7. The number of carboxylic acid groups (broad SMARTS) is 1. The molecular formula is C25H19Cl2F3N4O3S. The molecule has 2 aromatic heterocycles. The van der Waals surface area contributed by atoms with Gasteiger partial charge in [0.1, 0.15) is 24.1 Å². The Morgan fingerprint density at radius 2 is 2.05 bits per heavy atom. The Bertz CT molecular complexity index is 1620. The standard InChI is InChI=1S/C25H19Cl2F3N4O3S/c26-14-7-17(37-10-25-4-1-5-34(25)9-11(28)8-25)31-20-13(14)6-15(27)18(19(20)30)12-2-3-16(29)22-21(12)32-23(38-22)33-24(35)36/h2-3,6-7,11H,1,4-5,8-10H2,(H,32,33)(H,35,36)/t11-,25+/m1/s1. The first-order chi connectivity index (χ1) is 18.1. The number of nitrogens with one attached hydrogen (secondary N) is 1. The van der Waals surface area contributed by atoms with Gasteiger partial charge in [-0.15, -0.1) is 0 Å². The van der Waals surface area contributed by atoms with Gasteiger partial charge in [-0.25, -0.2) is 27.9 Å². The number of carbonyl (C=O) groups is 1. The molecule has 6 rings (SSSR count). The maximum atomic E-state index is 16.1. The summed E-state index contributed by atoms with van der Waals surface area (Å²) in [6, 6.07) is 5.37. The van der Waals surface area contributed by atoms with Crippen molar-refractivity contribution in [2.24, 2.45) is 0 Å². The minimum absolute atomic E-state index is 0.0125. The van der Waals surface area contributed by atoms with Gasteiger partial charge in [-0.3, -0.25) is 10.2 Å². The van der Waals surface area contributed by atoms with Crippen molar-refractivity contribution in [3.63, 3.8) is 0 Å². The van der Waals surface area contributed by atoms with Gasteiger partial charge in [0.05, 0.1) is 25.8 Å². The molecule has 7 nitrogen and oxygen atoms in total. The number of pyridine rings is 1. The maximum Gasteiger partial charge on any atom is 0.410 e. The van der Waals surface area contributed by atoms with Crippen molar-refractivity contribution in [2.75, 3.05) is 25.0 Å². The van der Waals surface area contributed by atoms with Gasteiger partial charge in [0.15, 0.2) is 10.9 Å². The number of halogens is 5. The average Bonchev–Trinajstić information content (AvgIpc) is 3.52. The Kier molecular flexibility index (Phi) is 6.29. The van der Waals surface area contributed by atoms with E-state index in [1.165, 1.54) is 18.2 Å². The van der Waals surface area contributed by atoms with Crippen molar-refractivity contribution in [3.8, 4) is 17.0 Å². The normalized spacial score (nSPS) is 21.3. The highest BCUT2D eigenvalue weighted by atomic mass is 35.5. The minimum atomic E-state index is -1.37. The molecule has 2 saturated heterocycles. The number of rotatable bonds is 5. The highest BCUT2D eigenvalue weighted by Gasteiger charge is 2.49. The molecule has 2 fully saturated rings. The first-order valence-corrected chi connectivity index (χ1v) is 13.3. The Morgan fingerprint density at radius 1 is 1.24 bits per heavy atom. The van der Waals surface area contributed by atoms with E-state index in [4.69, 9.17) is 33.0 Å². The fourth-order valence-electron chi connectivity index (χ4n) is 5.53. The highest BCUT2D eigenvalue weighted by molar-refractivity contribution is 7.22. The molecule has 2 aliphatic heterocycles. The summed E-state index contributed by atoms with van der Waals surface area (Å²) in [5.41, 5.74) is -0.420. The van der Waals surface area contributed by atoms with Crippen LogP contribution in [0.1, 0.15) is 19.3 Å². The van der Waals surface area contributed by atoms with Crippen LogP contribution in [0.15, 0.2) is 24.3 Å². The average molecular weight is 583 g/mol. The van der Waals surface area contributed by atoms with Gasteiger partial charge in [-0.2, -0.15) is 0 Å². The summed E-state index contributed by atoms with van der Waals surface area (Å²) in [5.74, 6) is -1.38. The Balaban J connectivity index is 1.42. The monoisotopic (exact) mass is 582 g/mol. The number of hydrogen-bond donors (Lipinski definition) is 2. The summed E-state index contributed by atoms with van der Waals surface area (Å²) in [7, 11) is 0. The van der Waals surface area contributed by atoms with Crippen LogP contribution in [0.2, 0.25) is 10.0 Å². The van der Waals surface area contributed by atoms with Gasteiger partial charge in [0.2, 0.25) is 5.88 Å². The molecule has 1 amide bonds. The molecule has 0 aliphatic carbocycles. The first kappa shape index (κ1) is 25.4. The number of alkyl halides is 1. The minimum Gasteiger partial charge on any atom is -0.476 e. The van der Waals surface area contributed by atoms with Crippen molar-refractivity contribution in [2.45, 2.75) is 31.0 Å². The third kappa shape index (κ3) is 4.21. The van der Waals surface area contributed by atoms with E-state index >= 15 is 4.39 Å². The van der Waals surface area contributed by atoms with Crippen LogP contribution in [0.4, 0.5) is 23.1 Å². The second-order valence-corrected chi connectivity index (χ2v) is 11.3. The van der Waals surface area contributed by atoms with Gasteiger partial charge in [-0.05, 0) is 37.6 Å². The van der Waals surface area contributed by atoms with E-state index in [9.17, 15) is 13.6 Å². The van der Waals surface area contributed by atoms with Gasteiger partial charge < -0.3 is 9.84 Å². The second kappa shape index (κ2) is 9.41. The molecule has 2 atom stereocenters. The second-order valence-electron chi connectivity index (χ2n) is 9.47. The molecular weight excluding hydrogens is 564 g/mol. The fourth-order valence-corrected chi connectivity index (χ4v) is 6.95. The highest BCUT2D eigenvalue weighted by Crippen LogP contribution is 2.44. The predicted octanol–water partition coefficient (Wildman–Crippen LogP) is 7.14. The van der Waals surface area contributed by atoms with Gasteiger partial charge >= 0.3 is 6.09 Å². The lowest BCUT2D eigenvalue weighted by atomic mass is 9.95. The number of thiazole rings is 1. The number of benzene rings is 2. The van der Waals surface area contributed by atoms with E-state index in [2.05, 4.69) is 20.2 Å². The lowest BCUT2D eigenvalue weighted by Crippen LogP contribution is -2.43. The smallest absolute Gasteiger partial charge is 0.410 e. The van der Waals surface area contributed by atoms with Crippen LogP contribution in [0.3, 0.4) is 0 Å². The lowest BCUT2D eigenvalue weighted by Gasteiger charge is -2.31. The zero-order valence-corrected chi connectivity index (χ0v) is 21.9. The molecule has 13 heteroatoms. The third-order valence-electron chi connectivity index (χ3n) is 7.15. The van der Waals surface area contributed by atoms with Crippen LogP contribution >= 0.6 is 34.5 Å². The molecule has 2 N–H and O–H groups in total. The van der Waals surface area contributed by atoms with Crippen molar-refractivity contribution in [1.29, 1.82) is 0 Å². The van der Waals surface area contributed by atoms with E-state index in [1.54, 1.807) is 0 Å². The van der Waals surface area contributed by atoms with Gasteiger partial charge in [0, 0.05) is 35.5 Å². The topological polar surface area (TPSA) is 87.6 Å². The predicted molar refractivity (Wildman–Crippen MR) is 140 cm³/mol. The molecule has 2 aromatic carbocycles. The van der Waals surface area contributed by atoms with E-state index in [1.807, 2.05) is 0 Å². The van der Waals surface area contributed by atoms with E-state index in [0.29, 0.717) is 13.0 Å². The zero-order chi connectivity index (χ0) is 26.8. The lowest BCUT2D eigenvalue weighted by molar-refractivity contribution is 0.111. The molecule has 4 aromatic rings. The van der Waals surface area contributed by atoms with Gasteiger partial charge in [0.25, 0.3) is 0 Å². The summed E-state index contributed by atoms with van der Waals surface area (Å²) in [6.07, 6.45) is -0.165. The van der Waals surface area contributed by atoms with Crippen molar-refractivity contribution in [1.82, 2.24) is 14.9 Å². The number of amides is 1. The third-order valence-corrected chi connectivity index (χ3v) is 8.74. The number of nitrogens with zero attached hydrogens (tertiary/aromatic N) is 3. The van der Waals surface area contributed by atoms with Crippen LogP contribution in [0, 0.1) is 11.6 Å². The van der Waals surface area contributed by atoms with Gasteiger partial charge in [-0.1, -0.05) is 34.5 Å². The molecule has 38 heavy (non-hydrogen) atoms. The number of fused-ring (bicyclic) bond motifs is 3. The molecule has 4 heterocycles. The number of hydrogen-bond acceptors (Lipinski definition) is 6. The van der Waals surface area contributed by atoms with Crippen LogP contribution in [0.5, 0.6) is 5.88 Å². The van der Waals surface area contributed by atoms with Crippen LogP contribution < -0.4 is 10.1 Å². The largest absolute Gasteiger partial charge is 0.476 e. The van der Waals surface area contributed by atoms with Crippen molar-refractivity contribution >= 4 is 66.9 Å². The summed E-state index contributed by atoms with van der Waals surface area (Å²) in [6.45, 7) is 1.37. The summed E-state index contributed by atoms with van der Waals surface area (Å²) >= 11 is 13.7. The zero-order valence-electron chi connectivity index (χ0n) is 19.5. The van der Waals surface area contributed by atoms with E-state index < -0.39 is 29.4 Å². The SMILES string of the molecule is O=C(O)Nc1nc2c(-c3c(Cl)cc4c(Cl)cc(OC[C@@]56CCCN5C[C@H](F)C6)nc4c3F)ccc(F)c2s1. The maximum absolute atomic E-state index is 16.1. The van der Waals surface area contributed by atoms with Crippen molar-refractivity contribution < 1.29 is 27.8 Å². The molecule has 0 spiro atoms. The van der Waals surface area contributed by atoms with Crippen LogP contribution in [0.25, 0.3) is 32.2 Å². The van der Waals surface area contributed by atoms with E-state index in [-0.39, 0.29) is 59.9 Å².